The third-order valence-corrected chi connectivity index (χ3v) is 24.1. The minimum absolute atomic E-state index is 0.0168. The van der Waals surface area contributed by atoms with E-state index in [2.05, 4.69) is 327 Å². The number of nitrogens with one attached hydrogen (secondary N) is 7. The standard InChI is InChI=1S/C24H15BrI2N2.C24H18BrN3.C23H14BrN5O4.C23H15BrN4/c25-16-7-8-22-20(11-16)21(13-28-22)23-12-19(14-3-1-5-17(26)9-14)24(29-23)15-4-2-6-18(27)10-15;1-15-6-5-9-17(12-15)23-22(16-7-3-2-4-8-16)27-24(28-23)20-14-26-21-11-10-18(25)13-19(20)21;24-15-5-10-20-18(11-15)19(12-25-20)23-26-21(13-1-6-16(7-2-13)28(30)31)22(27-23)14-3-8-17(9-4-14)29(32)33;24-12-5-8-20-17(9-12)19(11-26-20)23-27-21-16-4-2-1-3-14(16)15-7-6-13(25)10-18(15)22(21)28-23/h1-11,13,28H,12H2;2-14,26H,1H3,(H,27,28);1-12,25H,(H,26,27);1-11,26H,25H2,(H,27,28). The fourth-order valence-electron chi connectivity index (χ4n) is 15.2. The third kappa shape index (κ3) is 15.5. The maximum absolute atomic E-state index is 11.1. The van der Waals surface area contributed by atoms with Gasteiger partial charge in [-0.25, -0.2) is 15.0 Å². The molecular formula is C94H62Br4I2N14O4. The molecule has 0 bridgehead atoms. The van der Waals surface area contributed by atoms with Crippen LogP contribution in [0.4, 0.5) is 17.1 Å². The van der Waals surface area contributed by atoms with Crippen LogP contribution in [-0.2, 0) is 0 Å². The molecule has 1 aliphatic rings. The number of aliphatic imine (C=N–C) groups is 1. The van der Waals surface area contributed by atoms with Gasteiger partial charge in [0.05, 0.1) is 55.1 Å². The molecule has 0 radical (unpaired) electrons. The molecule has 118 heavy (non-hydrogen) atoms. The molecule has 0 amide bonds. The van der Waals surface area contributed by atoms with Crippen LogP contribution in [0.1, 0.15) is 28.7 Å². The number of H-pyrrole nitrogens is 7. The van der Waals surface area contributed by atoms with Gasteiger partial charge >= 0.3 is 0 Å². The number of hydrogen-bond donors (Lipinski definition) is 8. The Balaban J connectivity index is 0.000000109. The molecular weight excluding hydrogens is 1960 g/mol. The van der Waals surface area contributed by atoms with Crippen LogP contribution in [0.5, 0.6) is 0 Å². The number of nitrogen functional groups attached to an aromatic ring is 1. The van der Waals surface area contributed by atoms with Crippen LogP contribution in [0.2, 0.25) is 0 Å². The summed E-state index contributed by atoms with van der Waals surface area (Å²) in [6.45, 7) is 2.11. The van der Waals surface area contributed by atoms with E-state index >= 15 is 0 Å². The molecule has 0 saturated heterocycles. The summed E-state index contributed by atoms with van der Waals surface area (Å²) in [5.41, 5.74) is 31.1. The number of halogens is 6. The smallest absolute Gasteiger partial charge is 0.269 e. The molecule has 0 saturated carbocycles. The molecule has 18 nitrogen and oxygen atoms in total. The quantitative estimate of drug-likeness (QED) is 0.0191. The second-order valence-corrected chi connectivity index (χ2v) is 34.4. The van der Waals surface area contributed by atoms with E-state index in [0.717, 1.165) is 158 Å². The highest BCUT2D eigenvalue weighted by molar-refractivity contribution is 14.1. The Morgan fingerprint density at radius 3 is 1.34 bits per heavy atom. The van der Waals surface area contributed by atoms with Crippen LogP contribution < -0.4 is 5.73 Å². The van der Waals surface area contributed by atoms with Gasteiger partial charge in [-0.15, -0.1) is 0 Å². The first-order valence-electron chi connectivity index (χ1n) is 37.2. The van der Waals surface area contributed by atoms with Gasteiger partial charge in [0.15, 0.2) is 0 Å². The maximum Gasteiger partial charge on any atom is 0.269 e. The summed E-state index contributed by atoms with van der Waals surface area (Å²) in [4.78, 5) is 65.0. The Labute approximate surface area is 734 Å². The van der Waals surface area contributed by atoms with Crippen molar-refractivity contribution >= 4 is 219 Å². The minimum Gasteiger partial charge on any atom is -0.399 e. The Morgan fingerprint density at radius 1 is 0.381 bits per heavy atom. The van der Waals surface area contributed by atoms with Crippen LogP contribution in [0.3, 0.4) is 0 Å². The first kappa shape index (κ1) is 77.1. The number of allylic oxidation sites excluding steroid dienone is 1. The van der Waals surface area contributed by atoms with Crippen molar-refractivity contribution in [1.82, 2.24) is 49.8 Å². The average Bonchev–Trinajstić information content (AvgIpc) is 1.18. The number of rotatable bonds is 12. The Kier molecular flexibility index (Phi) is 21.4. The molecule has 0 aliphatic carbocycles. The van der Waals surface area contributed by atoms with E-state index in [9.17, 15) is 20.2 Å². The number of hydrogen-bond acceptors (Lipinski definition) is 9. The summed E-state index contributed by atoms with van der Waals surface area (Å²) in [6, 6.07) is 87.5. The van der Waals surface area contributed by atoms with Gasteiger partial charge in [0.1, 0.15) is 17.5 Å². The largest absolute Gasteiger partial charge is 0.399 e. The first-order valence-corrected chi connectivity index (χ1v) is 42.5. The second kappa shape index (κ2) is 32.7. The minimum atomic E-state index is -0.458. The number of non-ortho nitro benzene ring substituents is 2. The highest BCUT2D eigenvalue weighted by Gasteiger charge is 2.26. The number of aromatic amines is 7. The normalized spacial score (nSPS) is 12.0. The fourth-order valence-corrected chi connectivity index (χ4v) is 17.7. The topological polar surface area (TPSA) is 274 Å². The molecule has 24 heteroatoms. The van der Waals surface area contributed by atoms with Crippen LogP contribution in [0.15, 0.2) is 315 Å². The lowest BCUT2D eigenvalue weighted by atomic mass is 9.96. The number of nitrogens with zero attached hydrogens (tertiary/aromatic N) is 6. The number of nitro groups is 2. The molecule has 0 spiro atoms. The Bertz CT molecular complexity index is 7350. The van der Waals surface area contributed by atoms with Gasteiger partial charge in [0, 0.05) is 191 Å². The van der Waals surface area contributed by atoms with Crippen LogP contribution in [-0.4, -0.2) is 65.4 Å². The van der Waals surface area contributed by atoms with Crippen molar-refractivity contribution < 1.29 is 9.85 Å². The van der Waals surface area contributed by atoms with E-state index in [-0.39, 0.29) is 11.4 Å². The summed E-state index contributed by atoms with van der Waals surface area (Å²) >= 11 is 19.0. The van der Waals surface area contributed by atoms with Crippen molar-refractivity contribution in [2.45, 2.75) is 13.3 Å². The number of benzene rings is 13. The average molecular weight is 2030 g/mol. The number of aryl methyl sites for hydroxylation is 1. The van der Waals surface area contributed by atoms with Gasteiger partial charge in [-0.2, -0.15) is 0 Å². The number of nitrogens with two attached hydrogens (primary N) is 1. The van der Waals surface area contributed by atoms with Crippen molar-refractivity contribution in [3.63, 3.8) is 0 Å². The van der Waals surface area contributed by atoms with Crippen LogP contribution >= 0.6 is 109 Å². The summed E-state index contributed by atoms with van der Waals surface area (Å²) in [6.07, 6.45) is 8.79. The molecule has 20 aromatic rings. The van der Waals surface area contributed by atoms with Crippen molar-refractivity contribution in [1.29, 1.82) is 0 Å². The Morgan fingerprint density at radius 2 is 0.814 bits per heavy atom. The number of imidazole rings is 3. The van der Waals surface area contributed by atoms with Gasteiger partial charge in [-0.1, -0.05) is 172 Å². The van der Waals surface area contributed by atoms with Gasteiger partial charge in [0.2, 0.25) is 0 Å². The predicted molar refractivity (Wildman–Crippen MR) is 510 cm³/mol. The van der Waals surface area contributed by atoms with E-state index in [1.165, 1.54) is 70.0 Å². The summed E-state index contributed by atoms with van der Waals surface area (Å²) in [5, 5.41) is 31.1. The van der Waals surface area contributed by atoms with E-state index in [4.69, 9.17) is 25.7 Å². The lowest BCUT2D eigenvalue weighted by molar-refractivity contribution is -0.385. The number of anilines is 1. The fraction of sp³-hybridized carbons (Fsp3) is 0.0213. The van der Waals surface area contributed by atoms with Gasteiger partial charge in [-0.05, 0) is 214 Å². The van der Waals surface area contributed by atoms with Crippen molar-refractivity contribution in [3.8, 4) is 79.2 Å². The third-order valence-electron chi connectivity index (χ3n) is 20.8. The van der Waals surface area contributed by atoms with E-state index in [0.29, 0.717) is 28.3 Å². The summed E-state index contributed by atoms with van der Waals surface area (Å²) < 4.78 is 6.55. The molecule has 9 N–H and O–H groups in total. The highest BCUT2D eigenvalue weighted by Crippen LogP contribution is 2.44. The number of aromatic nitrogens is 10. The molecule has 0 atom stereocenters. The number of fused-ring (bicyclic) bond motifs is 10. The van der Waals surface area contributed by atoms with Crippen molar-refractivity contribution in [2.75, 3.05) is 5.73 Å². The monoisotopic (exact) mass is 2020 g/mol. The molecule has 7 aromatic heterocycles. The zero-order valence-electron chi connectivity index (χ0n) is 62.1. The Hall–Kier alpha value is -12.2. The zero-order chi connectivity index (χ0) is 81.0. The second-order valence-electron chi connectivity index (χ2n) is 28.3. The molecule has 0 unspecified atom stereocenters. The molecule has 21 rings (SSSR count). The summed E-state index contributed by atoms with van der Waals surface area (Å²) in [7, 11) is 0. The molecule has 1 aliphatic heterocycles. The SMILES string of the molecule is Brc1ccc2[nH]cc(C3=NC(c4cccc(I)c4)=C(c4cccc(I)c4)C3)c2c1.Cc1cccc(-c2nc(-c3c[nH]c4ccc(Br)cc34)[nH]c2-c2ccccc2)c1.Nc1ccc2c3ccccc3c3[nH]c(-c4c[nH]c5ccc(Br)cc45)nc3c2c1.O=[N+]([O-])c1ccc(-c2nc(-c3c[nH]c4ccc(Br)cc34)[nH]c2-c2ccc([N+](=O)[O-])cc2)cc1. The van der Waals surface area contributed by atoms with Gasteiger partial charge in [0.25, 0.3) is 11.4 Å². The zero-order valence-corrected chi connectivity index (χ0v) is 72.7. The number of nitro benzene ring substituents is 2. The van der Waals surface area contributed by atoms with Gasteiger partial charge < -0.3 is 40.6 Å². The highest BCUT2D eigenvalue weighted by atomic mass is 127. The maximum atomic E-state index is 11.1. The first-order chi connectivity index (χ1) is 57.4. The predicted octanol–water partition coefficient (Wildman–Crippen LogP) is 27.7. The van der Waals surface area contributed by atoms with Crippen molar-refractivity contribution in [2.24, 2.45) is 4.99 Å². The van der Waals surface area contributed by atoms with E-state index in [1.54, 1.807) is 24.3 Å². The molecule has 0 fully saturated rings. The lowest BCUT2D eigenvalue weighted by Gasteiger charge is -2.08. The molecule has 13 aromatic carbocycles. The van der Waals surface area contributed by atoms with Crippen molar-refractivity contribution in [3.05, 3.63) is 359 Å². The van der Waals surface area contributed by atoms with E-state index < -0.39 is 9.85 Å². The van der Waals surface area contributed by atoms with Crippen LogP contribution in [0.25, 0.3) is 167 Å². The van der Waals surface area contributed by atoms with E-state index in [1.807, 2.05) is 67.1 Å². The molecule has 574 valence electrons. The molecule has 8 heterocycles. The van der Waals surface area contributed by atoms with Crippen LogP contribution in [0, 0.1) is 34.3 Å². The van der Waals surface area contributed by atoms with Gasteiger partial charge in [-0.3, -0.25) is 25.2 Å². The summed E-state index contributed by atoms with van der Waals surface area (Å²) in [5.74, 6) is 2.31. The lowest BCUT2D eigenvalue weighted by Crippen LogP contribution is -1.97.